The van der Waals surface area contributed by atoms with E-state index in [0.29, 0.717) is 6.42 Å². The van der Waals surface area contributed by atoms with E-state index in [9.17, 15) is 4.79 Å². The Bertz CT molecular complexity index is 498. The molecule has 1 aromatic carbocycles. The number of esters is 1. The van der Waals surface area contributed by atoms with Crippen molar-refractivity contribution in [1.29, 1.82) is 0 Å². The molecular formula is C16H23NO2. The Labute approximate surface area is 115 Å². The highest BCUT2D eigenvalue weighted by Crippen LogP contribution is 2.52. The van der Waals surface area contributed by atoms with Crippen LogP contribution in [0.3, 0.4) is 0 Å². The van der Waals surface area contributed by atoms with Gasteiger partial charge in [0.1, 0.15) is 5.54 Å². The highest BCUT2D eigenvalue weighted by Gasteiger charge is 2.60. The number of ether oxygens (including phenoxy) is 1. The maximum Gasteiger partial charge on any atom is 0.327 e. The van der Waals surface area contributed by atoms with Gasteiger partial charge in [0.15, 0.2) is 0 Å². The van der Waals surface area contributed by atoms with Crippen molar-refractivity contribution in [2.45, 2.75) is 58.6 Å². The molecule has 1 fully saturated rings. The van der Waals surface area contributed by atoms with Gasteiger partial charge in [-0.1, -0.05) is 17.7 Å². The van der Waals surface area contributed by atoms with Crippen molar-refractivity contribution >= 4 is 5.97 Å². The Hall–Kier alpha value is -1.35. The summed E-state index contributed by atoms with van der Waals surface area (Å²) in [5, 5.41) is 0. The summed E-state index contributed by atoms with van der Waals surface area (Å²) in [4.78, 5) is 12.1. The fourth-order valence-electron chi connectivity index (χ4n) is 2.93. The average Bonchev–Trinajstić information content (AvgIpc) is 2.89. The molecule has 19 heavy (non-hydrogen) atoms. The molecule has 1 aliphatic rings. The molecule has 0 spiro atoms. The van der Waals surface area contributed by atoms with E-state index in [1.165, 1.54) is 22.3 Å². The number of hydrogen-bond donors (Lipinski definition) is 1. The summed E-state index contributed by atoms with van der Waals surface area (Å²) in [6.07, 6.45) is 0.568. The Morgan fingerprint density at radius 3 is 2.32 bits per heavy atom. The van der Waals surface area contributed by atoms with E-state index in [-0.39, 0.29) is 18.0 Å². The number of aryl methyl sites for hydroxylation is 3. The Morgan fingerprint density at radius 1 is 1.32 bits per heavy atom. The minimum Gasteiger partial charge on any atom is -0.462 e. The molecule has 0 bridgehead atoms. The van der Waals surface area contributed by atoms with Gasteiger partial charge in [-0.3, -0.25) is 4.79 Å². The lowest BCUT2D eigenvalue weighted by Gasteiger charge is -2.16. The van der Waals surface area contributed by atoms with Gasteiger partial charge in [-0.25, -0.2) is 0 Å². The van der Waals surface area contributed by atoms with Gasteiger partial charge in [-0.05, 0) is 57.7 Å². The summed E-state index contributed by atoms with van der Waals surface area (Å²) in [6, 6.07) is 4.30. The van der Waals surface area contributed by atoms with Gasteiger partial charge >= 0.3 is 5.97 Å². The van der Waals surface area contributed by atoms with Crippen LogP contribution in [0.2, 0.25) is 0 Å². The molecule has 2 unspecified atom stereocenters. The second-order valence-electron chi connectivity index (χ2n) is 6.06. The van der Waals surface area contributed by atoms with Crippen LogP contribution in [0.5, 0.6) is 0 Å². The Kier molecular flexibility index (Phi) is 3.43. The van der Waals surface area contributed by atoms with Crippen molar-refractivity contribution in [3.05, 3.63) is 34.4 Å². The fourth-order valence-corrected chi connectivity index (χ4v) is 2.93. The predicted octanol–water partition coefficient (Wildman–Crippen LogP) is 2.75. The van der Waals surface area contributed by atoms with Crippen LogP contribution in [0.15, 0.2) is 12.1 Å². The molecule has 2 rings (SSSR count). The van der Waals surface area contributed by atoms with Crippen LogP contribution < -0.4 is 5.73 Å². The molecular weight excluding hydrogens is 238 g/mol. The number of carbonyl (C=O) groups excluding carboxylic acids is 1. The average molecular weight is 261 g/mol. The summed E-state index contributed by atoms with van der Waals surface area (Å²) in [7, 11) is 0. The highest BCUT2D eigenvalue weighted by atomic mass is 16.5. The second kappa shape index (κ2) is 4.64. The van der Waals surface area contributed by atoms with E-state index in [0.717, 1.165) is 0 Å². The second-order valence-corrected chi connectivity index (χ2v) is 6.06. The minimum atomic E-state index is -0.824. The fraction of sp³-hybridized carbons (Fsp3) is 0.562. The molecule has 0 amide bonds. The summed E-state index contributed by atoms with van der Waals surface area (Å²) in [5.41, 5.74) is 10.3. The Morgan fingerprint density at radius 2 is 1.84 bits per heavy atom. The smallest absolute Gasteiger partial charge is 0.327 e. The lowest BCUT2D eigenvalue weighted by Crippen LogP contribution is -2.38. The van der Waals surface area contributed by atoms with Crippen LogP contribution in [-0.4, -0.2) is 17.6 Å². The summed E-state index contributed by atoms with van der Waals surface area (Å²) in [5.74, 6) is -0.175. The van der Waals surface area contributed by atoms with E-state index < -0.39 is 5.54 Å². The van der Waals surface area contributed by atoms with E-state index in [4.69, 9.17) is 10.5 Å². The van der Waals surface area contributed by atoms with Gasteiger partial charge in [0.05, 0.1) is 6.10 Å². The molecule has 3 heteroatoms. The third-order valence-electron chi connectivity index (χ3n) is 3.81. The molecule has 1 aliphatic carbocycles. The van der Waals surface area contributed by atoms with Crippen LogP contribution in [-0.2, 0) is 9.53 Å². The van der Waals surface area contributed by atoms with Gasteiger partial charge in [0.2, 0.25) is 0 Å². The van der Waals surface area contributed by atoms with Crippen molar-refractivity contribution < 1.29 is 9.53 Å². The molecule has 104 valence electrons. The minimum absolute atomic E-state index is 0.0966. The number of benzene rings is 1. The van der Waals surface area contributed by atoms with Crippen LogP contribution in [0.4, 0.5) is 0 Å². The molecule has 1 aromatic rings. The van der Waals surface area contributed by atoms with Crippen LogP contribution >= 0.6 is 0 Å². The predicted molar refractivity (Wildman–Crippen MR) is 76.2 cm³/mol. The molecule has 2 atom stereocenters. The summed E-state index contributed by atoms with van der Waals surface area (Å²) in [6.45, 7) is 9.95. The first-order valence-corrected chi connectivity index (χ1v) is 6.83. The van der Waals surface area contributed by atoms with Crippen LogP contribution in [0.1, 0.15) is 48.4 Å². The molecule has 0 aromatic heterocycles. The number of rotatable bonds is 3. The third kappa shape index (κ3) is 2.52. The first kappa shape index (κ1) is 14.1. The number of nitrogens with two attached hydrogens (primary N) is 1. The van der Waals surface area contributed by atoms with Gasteiger partial charge < -0.3 is 10.5 Å². The van der Waals surface area contributed by atoms with Gasteiger partial charge in [-0.15, -0.1) is 0 Å². The molecule has 0 radical (unpaired) electrons. The molecule has 1 saturated carbocycles. The summed E-state index contributed by atoms with van der Waals surface area (Å²) < 4.78 is 5.27. The zero-order valence-corrected chi connectivity index (χ0v) is 12.4. The maximum atomic E-state index is 12.1. The first-order valence-electron chi connectivity index (χ1n) is 6.83. The number of hydrogen-bond acceptors (Lipinski definition) is 3. The monoisotopic (exact) mass is 261 g/mol. The molecule has 0 saturated heterocycles. The van der Waals surface area contributed by atoms with E-state index in [1.54, 1.807) is 0 Å². The van der Waals surface area contributed by atoms with Crippen LogP contribution in [0, 0.1) is 20.8 Å². The maximum absolute atomic E-state index is 12.1. The van der Waals surface area contributed by atoms with Crippen molar-refractivity contribution in [3.63, 3.8) is 0 Å². The van der Waals surface area contributed by atoms with Crippen molar-refractivity contribution in [2.24, 2.45) is 5.73 Å². The lowest BCUT2D eigenvalue weighted by atomic mass is 9.94. The normalized spacial score (nSPS) is 25.5. The first-order chi connectivity index (χ1) is 8.75. The molecule has 0 heterocycles. The molecule has 2 N–H and O–H groups in total. The molecule has 0 aliphatic heterocycles. The van der Waals surface area contributed by atoms with Crippen LogP contribution in [0.25, 0.3) is 0 Å². The van der Waals surface area contributed by atoms with Crippen molar-refractivity contribution in [2.75, 3.05) is 0 Å². The van der Waals surface area contributed by atoms with E-state index in [1.807, 2.05) is 13.8 Å². The SMILES string of the molecule is Cc1cc(C)c(C2CC2(N)C(=O)OC(C)C)c(C)c1. The van der Waals surface area contributed by atoms with Gasteiger partial charge in [0, 0.05) is 5.92 Å². The third-order valence-corrected chi connectivity index (χ3v) is 3.81. The topological polar surface area (TPSA) is 52.3 Å². The zero-order chi connectivity index (χ0) is 14.4. The van der Waals surface area contributed by atoms with E-state index >= 15 is 0 Å². The Balaban J connectivity index is 2.25. The lowest BCUT2D eigenvalue weighted by molar-refractivity contribution is -0.150. The molecule has 3 nitrogen and oxygen atoms in total. The van der Waals surface area contributed by atoms with E-state index in [2.05, 4.69) is 32.9 Å². The number of carbonyl (C=O) groups is 1. The van der Waals surface area contributed by atoms with Crippen molar-refractivity contribution in [1.82, 2.24) is 0 Å². The van der Waals surface area contributed by atoms with Gasteiger partial charge in [0.25, 0.3) is 0 Å². The highest BCUT2D eigenvalue weighted by molar-refractivity contribution is 5.87. The standard InChI is InChI=1S/C16H23NO2/c1-9(2)19-15(18)16(17)8-13(16)14-11(4)6-10(3)7-12(14)5/h6-7,9,13H,8,17H2,1-5H3. The summed E-state index contributed by atoms with van der Waals surface area (Å²) >= 11 is 0. The van der Waals surface area contributed by atoms with Crippen molar-refractivity contribution in [3.8, 4) is 0 Å². The van der Waals surface area contributed by atoms with Gasteiger partial charge in [-0.2, -0.15) is 0 Å². The zero-order valence-electron chi connectivity index (χ0n) is 12.4. The largest absolute Gasteiger partial charge is 0.462 e. The quantitative estimate of drug-likeness (QED) is 0.851.